The van der Waals surface area contributed by atoms with Gasteiger partial charge in [0.1, 0.15) is 24.4 Å². The number of hydrogen-bond donors (Lipinski definition) is 1. The maximum absolute atomic E-state index is 12.7. The van der Waals surface area contributed by atoms with Crippen molar-refractivity contribution in [3.8, 4) is 5.75 Å². The molecule has 0 aliphatic carbocycles. The van der Waals surface area contributed by atoms with E-state index in [0.717, 1.165) is 24.5 Å². The monoisotopic (exact) mass is 264 g/mol. The summed E-state index contributed by atoms with van der Waals surface area (Å²) in [6, 6.07) is 5.86. The Morgan fingerprint density at radius 1 is 1.32 bits per heavy atom. The summed E-state index contributed by atoms with van der Waals surface area (Å²) in [6.07, 6.45) is 0.864. The predicted octanol–water partition coefficient (Wildman–Crippen LogP) is 1.84. The lowest BCUT2D eigenvalue weighted by Crippen LogP contribution is -2.07. The Morgan fingerprint density at radius 3 is 2.63 bits per heavy atom. The maximum Gasteiger partial charge on any atom is 0.338 e. The molecule has 1 N–H and O–H groups in total. The van der Waals surface area contributed by atoms with Crippen molar-refractivity contribution in [2.45, 2.75) is 6.61 Å². The predicted molar refractivity (Wildman–Crippen MR) is 62.2 cm³/mol. The molecule has 6 heteroatoms. The average Bonchev–Trinajstić information content (AvgIpc) is 2.40. The van der Waals surface area contributed by atoms with Crippen LogP contribution in [0.4, 0.5) is 4.39 Å². The van der Waals surface area contributed by atoms with Crippen molar-refractivity contribution >= 4 is 5.97 Å². The van der Waals surface area contributed by atoms with Crippen LogP contribution in [0.15, 0.2) is 45.8 Å². The summed E-state index contributed by atoms with van der Waals surface area (Å²) >= 11 is 0. The molecule has 0 amide bonds. The average molecular weight is 264 g/mol. The molecular weight excluding hydrogens is 255 g/mol. The number of rotatable bonds is 3. The number of hydrogen-bond acceptors (Lipinski definition) is 5. The fourth-order valence-electron chi connectivity index (χ4n) is 1.33. The molecular formula is C13H9FO5. The lowest BCUT2D eigenvalue weighted by atomic mass is 10.2. The Kier molecular flexibility index (Phi) is 3.61. The first-order valence-electron chi connectivity index (χ1n) is 5.29. The van der Waals surface area contributed by atoms with Gasteiger partial charge in [-0.15, -0.1) is 0 Å². The zero-order valence-electron chi connectivity index (χ0n) is 9.63. The molecule has 5 nitrogen and oxygen atoms in total. The Labute approximate surface area is 106 Å². The van der Waals surface area contributed by atoms with E-state index in [4.69, 9.17) is 14.3 Å². The van der Waals surface area contributed by atoms with Gasteiger partial charge in [-0.3, -0.25) is 4.79 Å². The number of carbonyl (C=O) groups is 1. The first-order chi connectivity index (χ1) is 9.06. The van der Waals surface area contributed by atoms with Crippen molar-refractivity contribution in [2.24, 2.45) is 0 Å². The van der Waals surface area contributed by atoms with Crippen LogP contribution in [-0.2, 0) is 11.3 Å². The number of benzene rings is 1. The van der Waals surface area contributed by atoms with Gasteiger partial charge >= 0.3 is 5.97 Å². The highest BCUT2D eigenvalue weighted by atomic mass is 19.1. The number of aromatic hydroxyl groups is 1. The van der Waals surface area contributed by atoms with Gasteiger partial charge < -0.3 is 14.3 Å². The first kappa shape index (κ1) is 12.8. The summed E-state index contributed by atoms with van der Waals surface area (Å²) in [5.74, 6) is -1.55. The molecule has 2 aromatic rings. The molecule has 0 atom stereocenters. The second-order valence-corrected chi connectivity index (χ2v) is 3.68. The molecule has 0 saturated carbocycles. The van der Waals surface area contributed by atoms with Crippen molar-refractivity contribution in [3.05, 3.63) is 64.0 Å². The highest BCUT2D eigenvalue weighted by molar-refractivity contribution is 5.89. The normalized spacial score (nSPS) is 10.2. The van der Waals surface area contributed by atoms with Crippen molar-refractivity contribution in [2.75, 3.05) is 0 Å². The fourth-order valence-corrected chi connectivity index (χ4v) is 1.33. The topological polar surface area (TPSA) is 76.7 Å². The molecule has 0 bridgehead atoms. The minimum Gasteiger partial charge on any atom is -0.502 e. The molecule has 0 spiro atoms. The number of esters is 1. The molecule has 1 aromatic carbocycles. The van der Waals surface area contributed by atoms with E-state index in [0.29, 0.717) is 0 Å². The zero-order chi connectivity index (χ0) is 13.8. The van der Waals surface area contributed by atoms with Crippen molar-refractivity contribution in [1.82, 2.24) is 0 Å². The van der Waals surface area contributed by atoms with Crippen LogP contribution in [0.25, 0.3) is 0 Å². The lowest BCUT2D eigenvalue weighted by Gasteiger charge is -2.04. The van der Waals surface area contributed by atoms with E-state index in [9.17, 15) is 14.0 Å². The second kappa shape index (κ2) is 5.34. The van der Waals surface area contributed by atoms with Crippen molar-refractivity contribution < 1.29 is 23.4 Å². The highest BCUT2D eigenvalue weighted by Gasteiger charge is 2.09. The molecule has 19 heavy (non-hydrogen) atoms. The third-order valence-electron chi connectivity index (χ3n) is 2.29. The van der Waals surface area contributed by atoms with Crippen LogP contribution in [-0.4, -0.2) is 11.1 Å². The van der Waals surface area contributed by atoms with E-state index in [1.807, 2.05) is 0 Å². The van der Waals surface area contributed by atoms with E-state index in [-0.39, 0.29) is 17.9 Å². The molecule has 0 radical (unpaired) electrons. The largest absolute Gasteiger partial charge is 0.502 e. The molecule has 0 saturated heterocycles. The van der Waals surface area contributed by atoms with Gasteiger partial charge in [-0.05, 0) is 24.3 Å². The van der Waals surface area contributed by atoms with Crippen LogP contribution >= 0.6 is 0 Å². The smallest absolute Gasteiger partial charge is 0.338 e. The summed E-state index contributed by atoms with van der Waals surface area (Å²) in [5, 5.41) is 8.98. The van der Waals surface area contributed by atoms with E-state index >= 15 is 0 Å². The van der Waals surface area contributed by atoms with Gasteiger partial charge in [-0.25, -0.2) is 9.18 Å². The van der Waals surface area contributed by atoms with E-state index in [2.05, 4.69) is 0 Å². The van der Waals surface area contributed by atoms with Gasteiger partial charge in [0.05, 0.1) is 5.56 Å². The van der Waals surface area contributed by atoms with Crippen molar-refractivity contribution in [3.63, 3.8) is 0 Å². The summed E-state index contributed by atoms with van der Waals surface area (Å²) in [4.78, 5) is 22.7. The summed E-state index contributed by atoms with van der Waals surface area (Å²) < 4.78 is 22.4. The van der Waals surface area contributed by atoms with Gasteiger partial charge in [-0.2, -0.15) is 0 Å². The van der Waals surface area contributed by atoms with Gasteiger partial charge in [0.2, 0.25) is 5.43 Å². The minimum atomic E-state index is -0.671. The van der Waals surface area contributed by atoms with Crippen molar-refractivity contribution in [1.29, 1.82) is 0 Å². The standard InChI is InChI=1S/C13H9FO5/c14-9-3-1-8(2-4-9)13(17)19-6-10-5-11(15)12(16)7-18-10/h1-5,7,16H,6H2. The fraction of sp³-hybridized carbons (Fsp3) is 0.0769. The van der Waals surface area contributed by atoms with E-state index in [1.165, 1.54) is 12.1 Å². The van der Waals surface area contributed by atoms with Crippen LogP contribution in [0.3, 0.4) is 0 Å². The van der Waals surface area contributed by atoms with Crippen LogP contribution in [0.2, 0.25) is 0 Å². The summed E-state index contributed by atoms with van der Waals surface area (Å²) in [5.41, 5.74) is -0.443. The quantitative estimate of drug-likeness (QED) is 0.856. The van der Waals surface area contributed by atoms with Gasteiger partial charge in [0, 0.05) is 6.07 Å². The number of halogens is 1. The van der Waals surface area contributed by atoms with Gasteiger partial charge in [0.25, 0.3) is 0 Å². The van der Waals surface area contributed by atoms with Gasteiger partial charge in [0.15, 0.2) is 5.75 Å². The van der Waals surface area contributed by atoms with E-state index < -0.39 is 23.0 Å². The number of carbonyl (C=O) groups excluding carboxylic acids is 1. The summed E-state index contributed by atoms with van der Waals surface area (Å²) in [7, 11) is 0. The molecule has 1 aromatic heterocycles. The van der Waals surface area contributed by atoms with Gasteiger partial charge in [-0.1, -0.05) is 0 Å². The second-order valence-electron chi connectivity index (χ2n) is 3.68. The SMILES string of the molecule is O=C(OCc1cc(=O)c(O)co1)c1ccc(F)cc1. The zero-order valence-corrected chi connectivity index (χ0v) is 9.63. The van der Waals surface area contributed by atoms with Crippen LogP contribution in [0.5, 0.6) is 5.75 Å². The Balaban J connectivity index is 2.02. The first-order valence-corrected chi connectivity index (χ1v) is 5.29. The molecule has 2 rings (SSSR count). The maximum atomic E-state index is 12.7. The molecule has 98 valence electrons. The molecule has 0 aliphatic rings. The summed E-state index contributed by atoms with van der Waals surface area (Å²) in [6.45, 7) is -0.258. The van der Waals surface area contributed by atoms with Crippen LogP contribution in [0.1, 0.15) is 16.1 Å². The third kappa shape index (κ3) is 3.19. The Hall–Kier alpha value is -2.63. The molecule has 1 heterocycles. The minimum absolute atomic E-state index is 0.0956. The Morgan fingerprint density at radius 2 is 2.00 bits per heavy atom. The molecule has 0 fully saturated rings. The van der Waals surface area contributed by atoms with Crippen LogP contribution < -0.4 is 5.43 Å². The van der Waals surface area contributed by atoms with Crippen LogP contribution in [0, 0.1) is 5.82 Å². The third-order valence-corrected chi connectivity index (χ3v) is 2.29. The Bertz CT molecular complexity index is 645. The molecule has 0 unspecified atom stereocenters. The number of ether oxygens (including phenoxy) is 1. The highest BCUT2D eigenvalue weighted by Crippen LogP contribution is 2.08. The molecule has 0 aliphatic heterocycles. The van der Waals surface area contributed by atoms with E-state index in [1.54, 1.807) is 0 Å². The lowest BCUT2D eigenvalue weighted by molar-refractivity contribution is 0.0442.